The molecule has 2 aromatic carbocycles. The summed E-state index contributed by atoms with van der Waals surface area (Å²) in [5.41, 5.74) is 6.63. The zero-order chi connectivity index (χ0) is 20.3. The van der Waals surface area contributed by atoms with Crippen LogP contribution in [-0.2, 0) is 4.79 Å². The first-order chi connectivity index (χ1) is 13.4. The summed E-state index contributed by atoms with van der Waals surface area (Å²) in [7, 11) is 0. The molecule has 5 heteroatoms. The molecule has 1 fully saturated rings. The number of anilines is 1. The van der Waals surface area contributed by atoms with Gasteiger partial charge < -0.3 is 15.1 Å². The molecule has 1 aliphatic heterocycles. The van der Waals surface area contributed by atoms with Gasteiger partial charge in [-0.05, 0) is 68.1 Å². The summed E-state index contributed by atoms with van der Waals surface area (Å²) in [5, 5.41) is 2.76. The van der Waals surface area contributed by atoms with E-state index in [9.17, 15) is 9.59 Å². The van der Waals surface area contributed by atoms with E-state index in [-0.39, 0.29) is 18.4 Å². The lowest BCUT2D eigenvalue weighted by atomic mass is 10.1. The maximum absolute atomic E-state index is 12.5. The molecule has 0 radical (unpaired) electrons. The highest BCUT2D eigenvalue weighted by atomic mass is 16.2. The molecule has 1 heterocycles. The third-order valence-electron chi connectivity index (χ3n) is 5.72. The molecule has 1 saturated heterocycles. The molecule has 0 spiro atoms. The molecule has 0 aliphatic carbocycles. The van der Waals surface area contributed by atoms with Crippen LogP contribution in [0.1, 0.15) is 32.6 Å². The summed E-state index contributed by atoms with van der Waals surface area (Å²) in [6.07, 6.45) is 0. The van der Waals surface area contributed by atoms with Crippen LogP contribution in [0.15, 0.2) is 36.4 Å². The van der Waals surface area contributed by atoms with Crippen molar-refractivity contribution in [2.75, 3.05) is 37.6 Å². The third kappa shape index (κ3) is 4.35. The smallest absolute Gasteiger partial charge is 0.251 e. The quantitative estimate of drug-likeness (QED) is 0.889. The van der Waals surface area contributed by atoms with Crippen LogP contribution in [-0.4, -0.2) is 49.4 Å². The lowest BCUT2D eigenvalue weighted by Crippen LogP contribution is -2.51. The van der Waals surface area contributed by atoms with E-state index in [2.05, 4.69) is 42.3 Å². The van der Waals surface area contributed by atoms with Gasteiger partial charge in [-0.15, -0.1) is 0 Å². The standard InChI is InChI=1S/C23H29N3O2/c1-16-8-9-20(14-18(16)3)23(28)24-15-22(27)26-12-10-25(11-13-26)21-7-5-6-17(2)19(21)4/h5-9,14H,10-13,15H2,1-4H3,(H,24,28). The van der Waals surface area contributed by atoms with Gasteiger partial charge in [0.15, 0.2) is 0 Å². The van der Waals surface area contributed by atoms with Gasteiger partial charge in [0.1, 0.15) is 0 Å². The highest BCUT2D eigenvalue weighted by Gasteiger charge is 2.22. The first-order valence-electron chi connectivity index (χ1n) is 9.81. The molecule has 2 aromatic rings. The van der Waals surface area contributed by atoms with E-state index in [1.54, 1.807) is 6.07 Å². The minimum Gasteiger partial charge on any atom is -0.368 e. The minimum absolute atomic E-state index is 0.0298. The largest absolute Gasteiger partial charge is 0.368 e. The number of amides is 2. The lowest BCUT2D eigenvalue weighted by molar-refractivity contribution is -0.130. The van der Waals surface area contributed by atoms with Gasteiger partial charge in [0.05, 0.1) is 6.54 Å². The predicted molar refractivity (Wildman–Crippen MR) is 113 cm³/mol. The zero-order valence-electron chi connectivity index (χ0n) is 17.2. The molecular weight excluding hydrogens is 350 g/mol. The van der Waals surface area contributed by atoms with Crippen molar-refractivity contribution in [3.63, 3.8) is 0 Å². The van der Waals surface area contributed by atoms with E-state index in [1.807, 2.05) is 30.9 Å². The summed E-state index contributed by atoms with van der Waals surface area (Å²) >= 11 is 0. The molecule has 0 bridgehead atoms. The Kier molecular flexibility index (Phi) is 6.02. The summed E-state index contributed by atoms with van der Waals surface area (Å²) in [6.45, 7) is 11.3. The number of rotatable bonds is 4. The van der Waals surface area contributed by atoms with Gasteiger partial charge in [-0.1, -0.05) is 18.2 Å². The van der Waals surface area contributed by atoms with Crippen LogP contribution in [0.25, 0.3) is 0 Å². The first-order valence-corrected chi connectivity index (χ1v) is 9.81. The maximum atomic E-state index is 12.5. The summed E-state index contributed by atoms with van der Waals surface area (Å²) in [5.74, 6) is -0.233. The number of nitrogens with zero attached hydrogens (tertiary/aromatic N) is 2. The third-order valence-corrected chi connectivity index (χ3v) is 5.72. The molecule has 0 saturated carbocycles. The van der Waals surface area contributed by atoms with Gasteiger partial charge >= 0.3 is 0 Å². The van der Waals surface area contributed by atoms with Crippen LogP contribution in [0.5, 0.6) is 0 Å². The second-order valence-electron chi connectivity index (χ2n) is 7.57. The van der Waals surface area contributed by atoms with Gasteiger partial charge in [0, 0.05) is 37.4 Å². The molecule has 5 nitrogen and oxygen atoms in total. The Balaban J connectivity index is 1.52. The van der Waals surface area contributed by atoms with Crippen LogP contribution >= 0.6 is 0 Å². The van der Waals surface area contributed by atoms with Crippen molar-refractivity contribution in [3.8, 4) is 0 Å². The van der Waals surface area contributed by atoms with Crippen molar-refractivity contribution in [1.29, 1.82) is 0 Å². The summed E-state index contributed by atoms with van der Waals surface area (Å²) < 4.78 is 0. The molecule has 2 amide bonds. The van der Waals surface area contributed by atoms with Gasteiger partial charge in [-0.2, -0.15) is 0 Å². The summed E-state index contributed by atoms with van der Waals surface area (Å²) in [6, 6.07) is 11.9. The Bertz CT molecular complexity index is 883. The van der Waals surface area contributed by atoms with Crippen LogP contribution in [0, 0.1) is 27.7 Å². The van der Waals surface area contributed by atoms with Crippen molar-refractivity contribution in [2.24, 2.45) is 0 Å². The summed E-state index contributed by atoms with van der Waals surface area (Å²) in [4.78, 5) is 29.0. The fourth-order valence-corrected chi connectivity index (χ4v) is 3.53. The molecule has 28 heavy (non-hydrogen) atoms. The molecule has 1 aliphatic rings. The maximum Gasteiger partial charge on any atom is 0.251 e. The highest BCUT2D eigenvalue weighted by molar-refractivity contribution is 5.96. The Hall–Kier alpha value is -2.82. The van der Waals surface area contributed by atoms with E-state index in [1.165, 1.54) is 16.8 Å². The van der Waals surface area contributed by atoms with Crippen molar-refractivity contribution in [1.82, 2.24) is 10.2 Å². The van der Waals surface area contributed by atoms with E-state index in [0.29, 0.717) is 18.7 Å². The second kappa shape index (κ2) is 8.46. The number of hydrogen-bond acceptors (Lipinski definition) is 3. The second-order valence-corrected chi connectivity index (χ2v) is 7.57. The van der Waals surface area contributed by atoms with E-state index >= 15 is 0 Å². The van der Waals surface area contributed by atoms with E-state index < -0.39 is 0 Å². The number of carbonyl (C=O) groups is 2. The van der Waals surface area contributed by atoms with Crippen LogP contribution in [0.3, 0.4) is 0 Å². The normalized spacial score (nSPS) is 14.1. The van der Waals surface area contributed by atoms with Crippen molar-refractivity contribution in [2.45, 2.75) is 27.7 Å². The van der Waals surface area contributed by atoms with Gasteiger partial charge in [-0.25, -0.2) is 0 Å². The van der Waals surface area contributed by atoms with E-state index in [4.69, 9.17) is 0 Å². The van der Waals surface area contributed by atoms with Crippen LogP contribution in [0.2, 0.25) is 0 Å². The Labute approximate surface area is 167 Å². The monoisotopic (exact) mass is 379 g/mol. The SMILES string of the molecule is Cc1ccc(C(=O)NCC(=O)N2CCN(c3cccc(C)c3C)CC2)cc1C. The Morgan fingerprint density at radius 3 is 2.29 bits per heavy atom. The number of hydrogen-bond donors (Lipinski definition) is 1. The number of nitrogens with one attached hydrogen (secondary N) is 1. The van der Waals surface area contributed by atoms with Crippen molar-refractivity contribution < 1.29 is 9.59 Å². The molecule has 0 atom stereocenters. The molecular formula is C23H29N3O2. The van der Waals surface area contributed by atoms with Gasteiger partial charge in [-0.3, -0.25) is 9.59 Å². The average molecular weight is 380 g/mol. The number of carbonyl (C=O) groups excluding carboxylic acids is 2. The zero-order valence-corrected chi connectivity index (χ0v) is 17.2. The molecule has 1 N–H and O–H groups in total. The number of aryl methyl sites for hydroxylation is 3. The molecule has 148 valence electrons. The van der Waals surface area contributed by atoms with Crippen LogP contribution < -0.4 is 10.2 Å². The predicted octanol–water partition coefficient (Wildman–Crippen LogP) is 3.00. The topological polar surface area (TPSA) is 52.7 Å². The Morgan fingerprint density at radius 2 is 1.61 bits per heavy atom. The number of piperazine rings is 1. The fraction of sp³-hybridized carbons (Fsp3) is 0.391. The number of benzene rings is 2. The van der Waals surface area contributed by atoms with Gasteiger partial charge in [0.2, 0.25) is 5.91 Å². The minimum atomic E-state index is -0.203. The molecule has 0 aromatic heterocycles. The molecule has 0 unspecified atom stereocenters. The van der Waals surface area contributed by atoms with E-state index in [0.717, 1.165) is 24.2 Å². The fourth-order valence-electron chi connectivity index (χ4n) is 3.53. The lowest BCUT2D eigenvalue weighted by Gasteiger charge is -2.37. The Morgan fingerprint density at radius 1 is 0.893 bits per heavy atom. The molecule has 3 rings (SSSR count). The highest BCUT2D eigenvalue weighted by Crippen LogP contribution is 2.23. The average Bonchev–Trinajstić information content (AvgIpc) is 2.70. The first kappa shape index (κ1) is 19.9. The van der Waals surface area contributed by atoms with Crippen molar-refractivity contribution >= 4 is 17.5 Å². The van der Waals surface area contributed by atoms with Crippen molar-refractivity contribution in [3.05, 3.63) is 64.2 Å². The van der Waals surface area contributed by atoms with Gasteiger partial charge in [0.25, 0.3) is 5.91 Å². The van der Waals surface area contributed by atoms with Crippen LogP contribution in [0.4, 0.5) is 5.69 Å².